The van der Waals surface area contributed by atoms with Gasteiger partial charge in [0.25, 0.3) is 0 Å². The van der Waals surface area contributed by atoms with Crippen LogP contribution < -0.4 is 10.5 Å². The first kappa shape index (κ1) is 13.8. The lowest BCUT2D eigenvalue weighted by atomic mass is 10.2. The SMILES string of the molecule is N=C(N)c1ccccc1OCCCN1CCOCC1. The predicted octanol–water partition coefficient (Wildman–Crippen LogP) is 1.07. The van der Waals surface area contributed by atoms with Gasteiger partial charge in [-0.1, -0.05) is 12.1 Å². The number of nitrogens with one attached hydrogen (secondary N) is 1. The zero-order valence-corrected chi connectivity index (χ0v) is 11.1. The molecule has 1 aromatic carbocycles. The number of hydrogen-bond acceptors (Lipinski definition) is 4. The van der Waals surface area contributed by atoms with Gasteiger partial charge in [-0.25, -0.2) is 0 Å². The highest BCUT2D eigenvalue weighted by Gasteiger charge is 2.10. The number of ether oxygens (including phenoxy) is 2. The summed E-state index contributed by atoms with van der Waals surface area (Å²) in [5.74, 6) is 0.737. The van der Waals surface area contributed by atoms with Crippen molar-refractivity contribution in [3.05, 3.63) is 29.8 Å². The second kappa shape index (κ2) is 7.11. The molecule has 0 aliphatic carbocycles. The van der Waals surface area contributed by atoms with Crippen LogP contribution in [-0.4, -0.2) is 50.2 Å². The zero-order chi connectivity index (χ0) is 13.5. The molecule has 1 aliphatic rings. The second-order valence-corrected chi connectivity index (χ2v) is 4.57. The Hall–Kier alpha value is -1.59. The van der Waals surface area contributed by atoms with Gasteiger partial charge >= 0.3 is 0 Å². The average molecular weight is 263 g/mol. The highest BCUT2D eigenvalue weighted by Crippen LogP contribution is 2.17. The topological polar surface area (TPSA) is 71.6 Å². The number of nitrogen functional groups attached to an aromatic ring is 1. The minimum atomic E-state index is 0.0452. The van der Waals surface area contributed by atoms with Crippen molar-refractivity contribution >= 4 is 5.84 Å². The molecule has 0 aromatic heterocycles. The van der Waals surface area contributed by atoms with Crippen molar-refractivity contribution in [2.75, 3.05) is 39.5 Å². The number of rotatable bonds is 6. The van der Waals surface area contributed by atoms with E-state index in [2.05, 4.69) is 4.90 Å². The fraction of sp³-hybridized carbons (Fsp3) is 0.500. The number of benzene rings is 1. The molecule has 0 atom stereocenters. The Kier molecular flexibility index (Phi) is 5.18. The van der Waals surface area contributed by atoms with Crippen molar-refractivity contribution in [3.63, 3.8) is 0 Å². The zero-order valence-electron chi connectivity index (χ0n) is 11.1. The van der Waals surface area contributed by atoms with Gasteiger partial charge in [0.2, 0.25) is 0 Å². The Bertz CT molecular complexity index is 417. The van der Waals surface area contributed by atoms with E-state index in [0.29, 0.717) is 17.9 Å². The molecule has 2 rings (SSSR count). The maximum absolute atomic E-state index is 7.49. The molecule has 1 saturated heterocycles. The maximum Gasteiger partial charge on any atom is 0.130 e. The van der Waals surface area contributed by atoms with Crippen LogP contribution in [0.5, 0.6) is 5.75 Å². The van der Waals surface area contributed by atoms with Gasteiger partial charge in [0.15, 0.2) is 0 Å². The molecule has 3 N–H and O–H groups in total. The molecule has 1 aromatic rings. The summed E-state index contributed by atoms with van der Waals surface area (Å²) in [6.45, 7) is 5.32. The minimum absolute atomic E-state index is 0.0452. The first-order chi connectivity index (χ1) is 9.27. The number of morpholine rings is 1. The summed E-state index contributed by atoms with van der Waals surface area (Å²) >= 11 is 0. The van der Waals surface area contributed by atoms with E-state index in [9.17, 15) is 0 Å². The van der Waals surface area contributed by atoms with Crippen molar-refractivity contribution in [3.8, 4) is 5.75 Å². The third-order valence-electron chi connectivity index (χ3n) is 3.16. The van der Waals surface area contributed by atoms with E-state index in [1.807, 2.05) is 18.2 Å². The quantitative estimate of drug-likeness (QED) is 0.457. The molecule has 1 heterocycles. The molecule has 1 fully saturated rings. The predicted molar refractivity (Wildman–Crippen MR) is 74.8 cm³/mol. The van der Waals surface area contributed by atoms with Crippen LogP contribution in [0, 0.1) is 5.41 Å². The number of hydrogen-bond donors (Lipinski definition) is 2. The van der Waals surface area contributed by atoms with Crippen LogP contribution in [0.15, 0.2) is 24.3 Å². The molecule has 0 bridgehead atoms. The van der Waals surface area contributed by atoms with Gasteiger partial charge in [0.05, 0.1) is 25.4 Å². The summed E-state index contributed by atoms with van der Waals surface area (Å²) in [4.78, 5) is 2.38. The summed E-state index contributed by atoms with van der Waals surface area (Å²) < 4.78 is 11.0. The lowest BCUT2D eigenvalue weighted by Crippen LogP contribution is -2.37. The van der Waals surface area contributed by atoms with E-state index >= 15 is 0 Å². The van der Waals surface area contributed by atoms with E-state index in [0.717, 1.165) is 39.3 Å². The second-order valence-electron chi connectivity index (χ2n) is 4.57. The van der Waals surface area contributed by atoms with E-state index < -0.39 is 0 Å². The molecule has 104 valence electrons. The summed E-state index contributed by atoms with van der Waals surface area (Å²) in [6.07, 6.45) is 0.965. The monoisotopic (exact) mass is 263 g/mol. The molecule has 0 radical (unpaired) electrons. The van der Waals surface area contributed by atoms with Crippen molar-refractivity contribution in [1.29, 1.82) is 5.41 Å². The first-order valence-corrected chi connectivity index (χ1v) is 6.63. The molecule has 5 heteroatoms. The first-order valence-electron chi connectivity index (χ1n) is 6.63. The van der Waals surface area contributed by atoms with Gasteiger partial charge in [0, 0.05) is 19.6 Å². The highest BCUT2D eigenvalue weighted by atomic mass is 16.5. The number of nitrogens with two attached hydrogens (primary N) is 1. The largest absolute Gasteiger partial charge is 0.493 e. The number of amidine groups is 1. The molecule has 5 nitrogen and oxygen atoms in total. The normalized spacial score (nSPS) is 16.2. The van der Waals surface area contributed by atoms with Gasteiger partial charge in [0.1, 0.15) is 11.6 Å². The fourth-order valence-electron chi connectivity index (χ4n) is 2.11. The summed E-state index contributed by atoms with van der Waals surface area (Å²) in [6, 6.07) is 7.41. The Balaban J connectivity index is 1.74. The summed E-state index contributed by atoms with van der Waals surface area (Å²) in [5, 5.41) is 7.49. The van der Waals surface area contributed by atoms with Crippen molar-refractivity contribution in [2.45, 2.75) is 6.42 Å². The Morgan fingerprint density at radius 3 is 2.79 bits per heavy atom. The van der Waals surface area contributed by atoms with Crippen LogP contribution in [0.1, 0.15) is 12.0 Å². The van der Waals surface area contributed by atoms with E-state index in [1.165, 1.54) is 0 Å². The highest BCUT2D eigenvalue weighted by molar-refractivity contribution is 5.97. The Labute approximate surface area is 113 Å². The molecule has 0 spiro atoms. The summed E-state index contributed by atoms with van der Waals surface area (Å²) in [5.41, 5.74) is 6.18. The lowest BCUT2D eigenvalue weighted by Gasteiger charge is -2.26. The van der Waals surface area contributed by atoms with Crippen molar-refractivity contribution < 1.29 is 9.47 Å². The molecule has 19 heavy (non-hydrogen) atoms. The molecular formula is C14H21N3O2. The van der Waals surface area contributed by atoms with Crippen LogP contribution in [0.25, 0.3) is 0 Å². The van der Waals surface area contributed by atoms with Gasteiger partial charge in [-0.05, 0) is 18.6 Å². The smallest absolute Gasteiger partial charge is 0.130 e. The summed E-state index contributed by atoms with van der Waals surface area (Å²) in [7, 11) is 0. The van der Waals surface area contributed by atoms with Crippen molar-refractivity contribution in [1.82, 2.24) is 4.90 Å². The van der Waals surface area contributed by atoms with E-state index in [-0.39, 0.29) is 5.84 Å². The Morgan fingerprint density at radius 2 is 2.05 bits per heavy atom. The third-order valence-corrected chi connectivity index (χ3v) is 3.16. The van der Waals surface area contributed by atoms with Crippen LogP contribution in [-0.2, 0) is 4.74 Å². The van der Waals surface area contributed by atoms with Gasteiger partial charge in [-0.2, -0.15) is 0 Å². The van der Waals surface area contributed by atoms with Gasteiger partial charge < -0.3 is 15.2 Å². The molecular weight excluding hydrogens is 242 g/mol. The molecule has 1 aliphatic heterocycles. The third kappa shape index (κ3) is 4.22. The van der Waals surface area contributed by atoms with Crippen LogP contribution in [0.2, 0.25) is 0 Å². The van der Waals surface area contributed by atoms with Gasteiger partial charge in [-0.3, -0.25) is 10.3 Å². The van der Waals surface area contributed by atoms with Crippen molar-refractivity contribution in [2.24, 2.45) is 5.73 Å². The van der Waals surface area contributed by atoms with Crippen LogP contribution in [0.3, 0.4) is 0 Å². The van der Waals surface area contributed by atoms with Gasteiger partial charge in [-0.15, -0.1) is 0 Å². The van der Waals surface area contributed by atoms with E-state index in [4.69, 9.17) is 20.6 Å². The maximum atomic E-state index is 7.49. The molecule has 0 amide bonds. The minimum Gasteiger partial charge on any atom is -0.493 e. The lowest BCUT2D eigenvalue weighted by molar-refractivity contribution is 0.0358. The standard InChI is InChI=1S/C14H21N3O2/c15-14(16)12-4-1-2-5-13(12)19-9-3-6-17-7-10-18-11-8-17/h1-2,4-5H,3,6-11H2,(H3,15,16). The average Bonchev–Trinajstić information content (AvgIpc) is 2.45. The molecule has 0 saturated carbocycles. The Morgan fingerprint density at radius 1 is 1.32 bits per heavy atom. The fourth-order valence-corrected chi connectivity index (χ4v) is 2.11. The molecule has 0 unspecified atom stereocenters. The van der Waals surface area contributed by atoms with E-state index in [1.54, 1.807) is 6.07 Å². The number of nitrogens with zero attached hydrogens (tertiary/aromatic N) is 1. The van der Waals surface area contributed by atoms with Crippen LogP contribution in [0.4, 0.5) is 0 Å². The number of para-hydroxylation sites is 1. The van der Waals surface area contributed by atoms with Crippen LogP contribution >= 0.6 is 0 Å².